The summed E-state index contributed by atoms with van der Waals surface area (Å²) in [5.41, 5.74) is 3.08. The van der Waals surface area contributed by atoms with Crippen molar-refractivity contribution < 1.29 is 23.8 Å². The van der Waals surface area contributed by atoms with Gasteiger partial charge >= 0.3 is 12.1 Å². The highest BCUT2D eigenvalue weighted by molar-refractivity contribution is 5.88. The van der Waals surface area contributed by atoms with Gasteiger partial charge in [-0.1, -0.05) is 13.8 Å². The standard InChI is InChI=1S/C25H38N4O5/c1-15(2)23-27-18-14-19(22(16(3)21(18)28-23)26-11-8-20(30)32-7)33-17-9-12-29(13-10-17)24(31)34-25(4,5)6/h14-15,17,26H,8-13H2,1-7H3,(H,27,28). The molecule has 0 radical (unpaired) electrons. The van der Waals surface area contributed by atoms with Crippen molar-refractivity contribution in [2.45, 2.75) is 78.4 Å². The summed E-state index contributed by atoms with van der Waals surface area (Å²) >= 11 is 0. The number of anilines is 1. The van der Waals surface area contributed by atoms with Crippen molar-refractivity contribution in [1.82, 2.24) is 14.9 Å². The monoisotopic (exact) mass is 474 g/mol. The number of H-pyrrole nitrogens is 1. The molecule has 2 heterocycles. The van der Waals surface area contributed by atoms with Crippen LogP contribution in [0.1, 0.15) is 71.2 Å². The third kappa shape index (κ3) is 6.33. The number of ether oxygens (including phenoxy) is 3. The number of nitrogens with zero attached hydrogens (tertiary/aromatic N) is 2. The molecule has 0 spiro atoms. The highest BCUT2D eigenvalue weighted by Gasteiger charge is 2.28. The number of fused-ring (bicyclic) bond motifs is 1. The number of hydrogen-bond acceptors (Lipinski definition) is 7. The summed E-state index contributed by atoms with van der Waals surface area (Å²) in [5, 5.41) is 3.36. The van der Waals surface area contributed by atoms with Gasteiger partial charge < -0.3 is 29.4 Å². The van der Waals surface area contributed by atoms with Crippen LogP contribution in [0.5, 0.6) is 5.75 Å². The molecule has 0 aliphatic carbocycles. The van der Waals surface area contributed by atoms with Gasteiger partial charge in [-0.3, -0.25) is 4.79 Å². The molecule has 1 saturated heterocycles. The number of benzene rings is 1. The minimum absolute atomic E-state index is 0.0378. The summed E-state index contributed by atoms with van der Waals surface area (Å²) in [4.78, 5) is 33.9. The molecule has 2 aromatic rings. The maximum Gasteiger partial charge on any atom is 0.410 e. The molecule has 0 bridgehead atoms. The predicted molar refractivity (Wildman–Crippen MR) is 131 cm³/mol. The fourth-order valence-corrected chi connectivity index (χ4v) is 3.94. The van der Waals surface area contributed by atoms with Crippen LogP contribution in [-0.4, -0.2) is 65.4 Å². The number of aromatic amines is 1. The first-order chi connectivity index (χ1) is 16.0. The zero-order chi connectivity index (χ0) is 25.0. The highest BCUT2D eigenvalue weighted by Crippen LogP contribution is 2.36. The number of piperidine rings is 1. The van der Waals surface area contributed by atoms with Crippen LogP contribution in [0.25, 0.3) is 11.0 Å². The first-order valence-electron chi connectivity index (χ1n) is 12.0. The Morgan fingerprint density at radius 1 is 1.26 bits per heavy atom. The van der Waals surface area contributed by atoms with Gasteiger partial charge in [0.2, 0.25) is 0 Å². The van der Waals surface area contributed by atoms with E-state index in [-0.39, 0.29) is 30.5 Å². The number of rotatable bonds is 7. The van der Waals surface area contributed by atoms with E-state index in [9.17, 15) is 9.59 Å². The van der Waals surface area contributed by atoms with Crippen LogP contribution in [0.3, 0.4) is 0 Å². The molecular formula is C25H38N4O5. The Morgan fingerprint density at radius 3 is 2.53 bits per heavy atom. The Balaban J connectivity index is 1.78. The van der Waals surface area contributed by atoms with E-state index in [1.807, 2.05) is 33.8 Å². The van der Waals surface area contributed by atoms with Crippen molar-refractivity contribution in [3.63, 3.8) is 0 Å². The molecule has 0 unspecified atom stereocenters. The van der Waals surface area contributed by atoms with Crippen molar-refractivity contribution in [2.24, 2.45) is 0 Å². The first kappa shape index (κ1) is 25.6. The number of imidazole rings is 1. The number of aryl methyl sites for hydroxylation is 1. The highest BCUT2D eigenvalue weighted by atomic mass is 16.6. The zero-order valence-electron chi connectivity index (χ0n) is 21.4. The van der Waals surface area contributed by atoms with E-state index in [0.29, 0.717) is 38.2 Å². The number of likely N-dealkylation sites (tertiary alicyclic amines) is 1. The molecule has 188 valence electrons. The Labute approximate surface area is 201 Å². The Morgan fingerprint density at radius 2 is 1.94 bits per heavy atom. The van der Waals surface area contributed by atoms with Gasteiger partial charge in [-0.15, -0.1) is 0 Å². The molecule has 1 fully saturated rings. The van der Waals surface area contributed by atoms with Gasteiger partial charge in [-0.25, -0.2) is 9.78 Å². The number of carbonyl (C=O) groups is 2. The summed E-state index contributed by atoms with van der Waals surface area (Å²) < 4.78 is 16.7. The summed E-state index contributed by atoms with van der Waals surface area (Å²) in [6, 6.07) is 1.97. The molecule has 1 aliphatic rings. The lowest BCUT2D eigenvalue weighted by Crippen LogP contribution is -2.44. The Bertz CT molecular complexity index is 1020. The van der Waals surface area contributed by atoms with Gasteiger partial charge in [0.15, 0.2) is 0 Å². The van der Waals surface area contributed by atoms with E-state index in [2.05, 4.69) is 24.1 Å². The van der Waals surface area contributed by atoms with E-state index in [0.717, 1.165) is 28.1 Å². The second kappa shape index (κ2) is 10.5. The molecule has 1 amide bonds. The van der Waals surface area contributed by atoms with Crippen LogP contribution < -0.4 is 10.1 Å². The van der Waals surface area contributed by atoms with Crippen molar-refractivity contribution in [2.75, 3.05) is 32.1 Å². The lowest BCUT2D eigenvalue weighted by Gasteiger charge is -2.34. The lowest BCUT2D eigenvalue weighted by molar-refractivity contribution is -0.140. The molecule has 0 saturated carbocycles. The van der Waals surface area contributed by atoms with Crippen LogP contribution >= 0.6 is 0 Å². The van der Waals surface area contributed by atoms with Crippen LogP contribution in [0.15, 0.2) is 6.07 Å². The Hall–Kier alpha value is -2.97. The van der Waals surface area contributed by atoms with E-state index < -0.39 is 5.60 Å². The molecule has 3 rings (SSSR count). The third-order valence-corrected chi connectivity index (χ3v) is 5.79. The minimum atomic E-state index is -0.513. The molecule has 9 heteroatoms. The molecule has 1 aromatic heterocycles. The SMILES string of the molecule is COC(=O)CCNc1c(OC2CCN(C(=O)OC(C)(C)C)CC2)cc2[nH]c(C(C)C)nc2c1C. The van der Waals surface area contributed by atoms with Crippen LogP contribution in [0, 0.1) is 6.92 Å². The smallest absolute Gasteiger partial charge is 0.410 e. The topological polar surface area (TPSA) is 106 Å². The van der Waals surface area contributed by atoms with E-state index >= 15 is 0 Å². The number of aromatic nitrogens is 2. The number of amides is 1. The van der Waals surface area contributed by atoms with Gasteiger partial charge in [0, 0.05) is 50.0 Å². The molecular weight excluding hydrogens is 436 g/mol. The normalized spacial score (nSPS) is 15.0. The van der Waals surface area contributed by atoms with Gasteiger partial charge in [0.1, 0.15) is 23.3 Å². The summed E-state index contributed by atoms with van der Waals surface area (Å²) in [7, 11) is 1.38. The zero-order valence-corrected chi connectivity index (χ0v) is 21.4. The number of esters is 1. The largest absolute Gasteiger partial charge is 0.488 e. The van der Waals surface area contributed by atoms with Crippen LogP contribution in [0.4, 0.5) is 10.5 Å². The summed E-state index contributed by atoms with van der Waals surface area (Å²) in [6.07, 6.45) is 1.34. The van der Waals surface area contributed by atoms with Crippen molar-refractivity contribution >= 4 is 28.8 Å². The van der Waals surface area contributed by atoms with Crippen molar-refractivity contribution in [1.29, 1.82) is 0 Å². The second-order valence-electron chi connectivity index (χ2n) is 10.1. The molecule has 1 aromatic carbocycles. The molecule has 1 aliphatic heterocycles. The predicted octanol–water partition coefficient (Wildman–Crippen LogP) is 4.75. The van der Waals surface area contributed by atoms with E-state index in [1.54, 1.807) is 4.90 Å². The third-order valence-electron chi connectivity index (χ3n) is 5.79. The molecule has 34 heavy (non-hydrogen) atoms. The van der Waals surface area contributed by atoms with Gasteiger partial charge in [-0.2, -0.15) is 0 Å². The summed E-state index contributed by atoms with van der Waals surface area (Å²) in [6.45, 7) is 13.4. The fraction of sp³-hybridized carbons (Fsp3) is 0.640. The van der Waals surface area contributed by atoms with Crippen LogP contribution in [0.2, 0.25) is 0 Å². The van der Waals surface area contributed by atoms with Gasteiger partial charge in [-0.05, 0) is 27.7 Å². The van der Waals surface area contributed by atoms with Gasteiger partial charge in [0.05, 0.1) is 30.3 Å². The van der Waals surface area contributed by atoms with Gasteiger partial charge in [0.25, 0.3) is 0 Å². The number of carbonyl (C=O) groups excluding carboxylic acids is 2. The maximum atomic E-state index is 12.4. The van der Waals surface area contributed by atoms with Crippen LogP contribution in [-0.2, 0) is 14.3 Å². The van der Waals surface area contributed by atoms with Crippen molar-refractivity contribution in [3.05, 3.63) is 17.5 Å². The molecule has 9 nitrogen and oxygen atoms in total. The average molecular weight is 475 g/mol. The minimum Gasteiger partial charge on any atom is -0.488 e. The van der Waals surface area contributed by atoms with E-state index in [1.165, 1.54) is 7.11 Å². The number of hydrogen-bond donors (Lipinski definition) is 2. The van der Waals surface area contributed by atoms with E-state index in [4.69, 9.17) is 19.2 Å². The summed E-state index contributed by atoms with van der Waals surface area (Å²) in [5.74, 6) is 1.63. The maximum absolute atomic E-state index is 12.4. The lowest BCUT2D eigenvalue weighted by atomic mass is 10.1. The first-order valence-corrected chi connectivity index (χ1v) is 12.0. The number of methoxy groups -OCH3 is 1. The molecule has 2 N–H and O–H groups in total. The number of nitrogens with one attached hydrogen (secondary N) is 2. The van der Waals surface area contributed by atoms with Crippen molar-refractivity contribution in [3.8, 4) is 5.75 Å². The quantitative estimate of drug-likeness (QED) is 0.558. The average Bonchev–Trinajstić information content (AvgIpc) is 3.20. The Kier molecular flexibility index (Phi) is 7.94. The molecule has 0 atom stereocenters. The fourth-order valence-electron chi connectivity index (χ4n) is 3.94. The second-order valence-corrected chi connectivity index (χ2v) is 10.1.